The fourth-order valence-corrected chi connectivity index (χ4v) is 2.67. The quantitative estimate of drug-likeness (QED) is 0.775. The summed E-state index contributed by atoms with van der Waals surface area (Å²) >= 11 is 0. The van der Waals surface area contributed by atoms with Crippen LogP contribution in [0.4, 0.5) is 5.69 Å². The molecule has 0 saturated carbocycles. The lowest BCUT2D eigenvalue weighted by atomic mass is 9.96. The van der Waals surface area contributed by atoms with E-state index in [4.69, 9.17) is 5.11 Å². The van der Waals surface area contributed by atoms with Crippen molar-refractivity contribution in [1.29, 1.82) is 0 Å². The highest BCUT2D eigenvalue weighted by Gasteiger charge is 2.29. The number of benzene rings is 1. The van der Waals surface area contributed by atoms with Crippen molar-refractivity contribution in [3.63, 3.8) is 0 Å². The zero-order valence-electron chi connectivity index (χ0n) is 12.4. The predicted molar refractivity (Wildman–Crippen MR) is 81.3 cm³/mol. The van der Waals surface area contributed by atoms with Crippen molar-refractivity contribution in [3.8, 4) is 0 Å². The summed E-state index contributed by atoms with van der Waals surface area (Å²) in [5.74, 6) is -0.441. The van der Waals surface area contributed by atoms with Gasteiger partial charge >= 0.3 is 5.97 Å². The van der Waals surface area contributed by atoms with Gasteiger partial charge in [0.1, 0.15) is 0 Å². The lowest BCUT2D eigenvalue weighted by Crippen LogP contribution is -2.27. The molecule has 5 heteroatoms. The SMILES string of the molecule is CC(CC(=O)O)c1ccc(NC(=O)[C@@H]2CNC[C@H]2C)cc1. The van der Waals surface area contributed by atoms with E-state index in [1.54, 1.807) is 0 Å². The maximum Gasteiger partial charge on any atom is 0.303 e. The summed E-state index contributed by atoms with van der Waals surface area (Å²) in [6, 6.07) is 7.41. The molecule has 1 aliphatic rings. The van der Waals surface area contributed by atoms with Gasteiger partial charge in [0, 0.05) is 12.2 Å². The summed E-state index contributed by atoms with van der Waals surface area (Å²) in [6.45, 7) is 5.55. The highest BCUT2D eigenvalue weighted by Crippen LogP contribution is 2.22. The van der Waals surface area contributed by atoms with Gasteiger partial charge in [0.2, 0.25) is 5.91 Å². The first-order valence-electron chi connectivity index (χ1n) is 7.30. The number of hydrogen-bond donors (Lipinski definition) is 3. The Kier molecular flexibility index (Phi) is 4.96. The molecule has 1 heterocycles. The summed E-state index contributed by atoms with van der Waals surface area (Å²) in [4.78, 5) is 22.9. The van der Waals surface area contributed by atoms with Gasteiger partial charge in [-0.25, -0.2) is 0 Å². The van der Waals surface area contributed by atoms with Crippen molar-refractivity contribution in [2.45, 2.75) is 26.2 Å². The third kappa shape index (κ3) is 4.04. The monoisotopic (exact) mass is 290 g/mol. The van der Waals surface area contributed by atoms with Crippen LogP contribution in [0.5, 0.6) is 0 Å². The van der Waals surface area contributed by atoms with Gasteiger partial charge in [-0.3, -0.25) is 9.59 Å². The molecular formula is C16H22N2O3. The molecule has 114 valence electrons. The van der Waals surface area contributed by atoms with Crippen molar-refractivity contribution in [3.05, 3.63) is 29.8 Å². The van der Waals surface area contributed by atoms with Gasteiger partial charge in [-0.05, 0) is 36.1 Å². The van der Waals surface area contributed by atoms with E-state index in [1.807, 2.05) is 31.2 Å². The molecule has 0 aliphatic carbocycles. The van der Waals surface area contributed by atoms with Gasteiger partial charge in [-0.2, -0.15) is 0 Å². The zero-order chi connectivity index (χ0) is 15.4. The van der Waals surface area contributed by atoms with Crippen LogP contribution in [0.1, 0.15) is 31.7 Å². The van der Waals surface area contributed by atoms with Crippen LogP contribution in [0.3, 0.4) is 0 Å². The Morgan fingerprint density at radius 2 is 2.00 bits per heavy atom. The Hall–Kier alpha value is -1.88. The number of carboxylic acids is 1. The molecule has 5 nitrogen and oxygen atoms in total. The molecule has 0 spiro atoms. The number of amides is 1. The average Bonchev–Trinajstić information content (AvgIpc) is 2.85. The van der Waals surface area contributed by atoms with Gasteiger partial charge in [-0.15, -0.1) is 0 Å². The first-order valence-corrected chi connectivity index (χ1v) is 7.30. The molecule has 3 atom stereocenters. The van der Waals surface area contributed by atoms with Gasteiger partial charge < -0.3 is 15.7 Å². The van der Waals surface area contributed by atoms with Gasteiger partial charge in [0.05, 0.1) is 12.3 Å². The van der Waals surface area contributed by atoms with Gasteiger partial charge in [0.25, 0.3) is 0 Å². The number of carboxylic acid groups (broad SMARTS) is 1. The predicted octanol–water partition coefficient (Wildman–Crippen LogP) is 2.06. The van der Waals surface area contributed by atoms with E-state index in [-0.39, 0.29) is 24.2 Å². The second kappa shape index (κ2) is 6.72. The Balaban J connectivity index is 1.96. The number of anilines is 1. The first-order chi connectivity index (χ1) is 9.97. The summed E-state index contributed by atoms with van der Waals surface area (Å²) in [7, 11) is 0. The largest absolute Gasteiger partial charge is 0.481 e. The molecule has 0 bridgehead atoms. The second-order valence-electron chi connectivity index (χ2n) is 5.85. The lowest BCUT2D eigenvalue weighted by molar-refractivity contribution is -0.137. The highest BCUT2D eigenvalue weighted by molar-refractivity contribution is 5.93. The zero-order valence-corrected chi connectivity index (χ0v) is 12.4. The van der Waals surface area contributed by atoms with Crippen LogP contribution in [0, 0.1) is 11.8 Å². The minimum atomic E-state index is -0.803. The number of nitrogens with one attached hydrogen (secondary N) is 2. The molecule has 3 N–H and O–H groups in total. The molecule has 1 aromatic carbocycles. The molecule has 1 saturated heterocycles. The Morgan fingerprint density at radius 1 is 1.33 bits per heavy atom. The van der Waals surface area contributed by atoms with Crippen LogP contribution < -0.4 is 10.6 Å². The molecule has 21 heavy (non-hydrogen) atoms. The normalized spacial score (nSPS) is 22.8. The molecule has 0 radical (unpaired) electrons. The van der Waals surface area contributed by atoms with E-state index >= 15 is 0 Å². The van der Waals surface area contributed by atoms with Crippen LogP contribution in [0.2, 0.25) is 0 Å². The molecule has 1 amide bonds. The minimum absolute atomic E-state index is 0.00982. The van der Waals surface area contributed by atoms with Crippen LogP contribution in [-0.4, -0.2) is 30.1 Å². The topological polar surface area (TPSA) is 78.4 Å². The third-order valence-corrected chi connectivity index (χ3v) is 4.08. The van der Waals surface area contributed by atoms with E-state index in [0.717, 1.165) is 24.3 Å². The molecule has 1 unspecified atom stereocenters. The van der Waals surface area contributed by atoms with Gasteiger partial charge in [-0.1, -0.05) is 26.0 Å². The van der Waals surface area contributed by atoms with Crippen LogP contribution >= 0.6 is 0 Å². The summed E-state index contributed by atoms with van der Waals surface area (Å²) < 4.78 is 0. The minimum Gasteiger partial charge on any atom is -0.481 e. The number of carbonyl (C=O) groups is 2. The maximum atomic E-state index is 12.2. The molecule has 1 aliphatic heterocycles. The van der Waals surface area contributed by atoms with Crippen LogP contribution in [0.25, 0.3) is 0 Å². The number of hydrogen-bond acceptors (Lipinski definition) is 3. The fraction of sp³-hybridized carbons (Fsp3) is 0.500. The average molecular weight is 290 g/mol. The first kappa shape index (κ1) is 15.5. The number of aliphatic carboxylic acids is 1. The van der Waals surface area contributed by atoms with E-state index in [0.29, 0.717) is 5.92 Å². The Labute approximate surface area is 124 Å². The summed E-state index contributed by atoms with van der Waals surface area (Å²) in [6.07, 6.45) is 0.108. The van der Waals surface area contributed by atoms with Crippen molar-refractivity contribution in [2.75, 3.05) is 18.4 Å². The van der Waals surface area contributed by atoms with Crippen LogP contribution in [-0.2, 0) is 9.59 Å². The van der Waals surface area contributed by atoms with Crippen molar-refractivity contribution < 1.29 is 14.7 Å². The Morgan fingerprint density at radius 3 is 2.52 bits per heavy atom. The second-order valence-corrected chi connectivity index (χ2v) is 5.85. The standard InChI is InChI=1S/C16H22N2O3/c1-10(7-15(19)20)12-3-5-13(6-4-12)18-16(21)14-9-17-8-11(14)2/h3-6,10-11,14,17H,7-9H2,1-2H3,(H,18,21)(H,19,20)/t10?,11-,14-/m1/s1. The summed E-state index contributed by atoms with van der Waals surface area (Å²) in [5.41, 5.74) is 1.72. The molecule has 1 aromatic rings. The number of rotatable bonds is 5. The highest BCUT2D eigenvalue weighted by atomic mass is 16.4. The fourth-order valence-electron chi connectivity index (χ4n) is 2.67. The van der Waals surface area contributed by atoms with Crippen LogP contribution in [0.15, 0.2) is 24.3 Å². The lowest BCUT2D eigenvalue weighted by Gasteiger charge is -2.15. The third-order valence-electron chi connectivity index (χ3n) is 4.08. The van der Waals surface area contributed by atoms with Crippen molar-refractivity contribution in [1.82, 2.24) is 5.32 Å². The van der Waals surface area contributed by atoms with E-state index in [2.05, 4.69) is 17.6 Å². The smallest absolute Gasteiger partial charge is 0.303 e. The van der Waals surface area contributed by atoms with Crippen molar-refractivity contribution >= 4 is 17.6 Å². The Bertz CT molecular complexity index is 513. The molecule has 2 rings (SSSR count). The summed E-state index contributed by atoms with van der Waals surface area (Å²) in [5, 5.41) is 14.9. The molecule has 0 aromatic heterocycles. The molecular weight excluding hydrogens is 268 g/mol. The van der Waals surface area contributed by atoms with E-state index in [9.17, 15) is 9.59 Å². The molecule has 1 fully saturated rings. The number of carbonyl (C=O) groups excluding carboxylic acids is 1. The van der Waals surface area contributed by atoms with E-state index < -0.39 is 5.97 Å². The maximum absolute atomic E-state index is 12.2. The van der Waals surface area contributed by atoms with E-state index in [1.165, 1.54) is 0 Å². The van der Waals surface area contributed by atoms with Gasteiger partial charge in [0.15, 0.2) is 0 Å². The van der Waals surface area contributed by atoms with Crippen molar-refractivity contribution in [2.24, 2.45) is 11.8 Å².